The van der Waals surface area contributed by atoms with Gasteiger partial charge in [-0.1, -0.05) is 69.0 Å². The minimum atomic E-state index is -0.0395. The number of nitrogens with zero attached hydrogens (tertiary/aromatic N) is 3. The van der Waals surface area contributed by atoms with Crippen LogP contribution in [0.25, 0.3) is 0 Å². The zero-order chi connectivity index (χ0) is 23.4. The summed E-state index contributed by atoms with van der Waals surface area (Å²) in [4.78, 5) is 22.4. The molecule has 33 heavy (non-hydrogen) atoms. The van der Waals surface area contributed by atoms with Crippen LogP contribution in [0.3, 0.4) is 0 Å². The van der Waals surface area contributed by atoms with E-state index < -0.39 is 0 Å². The lowest BCUT2D eigenvalue weighted by Crippen LogP contribution is -2.41. The van der Waals surface area contributed by atoms with E-state index in [1.807, 2.05) is 47.4 Å². The Labute approximate surface area is 198 Å². The number of aliphatic imine (C=N–C) groups is 1. The van der Waals surface area contributed by atoms with Crippen molar-refractivity contribution in [3.05, 3.63) is 84.1 Å². The number of benzene rings is 1. The van der Waals surface area contributed by atoms with E-state index in [2.05, 4.69) is 55.9 Å². The normalized spacial score (nSPS) is 20.5. The number of amidine groups is 1. The molecule has 5 heteroatoms. The summed E-state index contributed by atoms with van der Waals surface area (Å²) in [6.45, 7) is 10.2. The maximum atomic E-state index is 13.1. The number of amides is 2. The Balaban J connectivity index is 1.59. The smallest absolute Gasteiger partial charge is 0.317 e. The van der Waals surface area contributed by atoms with Crippen LogP contribution in [-0.2, 0) is 6.54 Å². The molecule has 5 nitrogen and oxygen atoms in total. The molecule has 1 aliphatic heterocycles. The Morgan fingerprint density at radius 1 is 1.21 bits per heavy atom. The Kier molecular flexibility index (Phi) is 7.03. The number of urea groups is 1. The van der Waals surface area contributed by atoms with Crippen LogP contribution in [-0.4, -0.2) is 47.8 Å². The van der Waals surface area contributed by atoms with Crippen molar-refractivity contribution in [3.8, 4) is 0 Å². The second-order valence-corrected chi connectivity index (χ2v) is 9.47. The molecule has 0 aromatic heterocycles. The third-order valence-corrected chi connectivity index (χ3v) is 6.68. The first-order chi connectivity index (χ1) is 15.9. The van der Waals surface area contributed by atoms with Gasteiger partial charge in [-0.05, 0) is 36.5 Å². The summed E-state index contributed by atoms with van der Waals surface area (Å²) in [6, 6.07) is 22.8. The van der Waals surface area contributed by atoms with Gasteiger partial charge in [-0.25, -0.2) is 9.79 Å². The summed E-state index contributed by atoms with van der Waals surface area (Å²) in [5, 5.41) is 3.09. The molecule has 2 aliphatic rings. The van der Waals surface area contributed by atoms with Crippen LogP contribution in [0.4, 0.5) is 4.79 Å². The lowest BCUT2D eigenvalue weighted by molar-refractivity contribution is 0.207. The summed E-state index contributed by atoms with van der Waals surface area (Å²) in [6.07, 6.45) is 2.38. The molecular formula is C28H34N4O. The first-order valence-electron chi connectivity index (χ1n) is 11.9. The SMILES string of the molecule is C=C(N=C(C1CN(C(=O)NCc2ccccc2)CC1c1c#cccc1)N(C)C1CC1)C(C)C. The highest BCUT2D eigenvalue weighted by Crippen LogP contribution is 2.37. The van der Waals surface area contributed by atoms with Gasteiger partial charge in [0.2, 0.25) is 0 Å². The summed E-state index contributed by atoms with van der Waals surface area (Å²) in [7, 11) is 2.14. The second kappa shape index (κ2) is 10.1. The minimum absolute atomic E-state index is 0.0395. The van der Waals surface area contributed by atoms with Crippen LogP contribution in [0.2, 0.25) is 0 Å². The standard InChI is InChI=1S/C28H34N4O/c1-20(2)21(3)30-27(31(4)24-15-16-24)26-19-32(18-25(26)23-13-9-6-10-14-23)28(33)29-17-22-11-7-5-8-12-22/h5-9,11-13,20,24-26H,3,15-19H2,1-2,4H3,(H,29,33). The van der Waals surface area contributed by atoms with Crippen LogP contribution < -0.4 is 5.32 Å². The first-order valence-corrected chi connectivity index (χ1v) is 11.9. The Morgan fingerprint density at radius 2 is 1.97 bits per heavy atom. The van der Waals surface area contributed by atoms with Crippen molar-refractivity contribution in [1.82, 2.24) is 15.1 Å². The van der Waals surface area contributed by atoms with Crippen molar-refractivity contribution in [3.63, 3.8) is 0 Å². The highest BCUT2D eigenvalue weighted by Gasteiger charge is 2.42. The van der Waals surface area contributed by atoms with Crippen LogP contribution >= 0.6 is 0 Å². The molecule has 172 valence electrons. The molecule has 2 aromatic carbocycles. The molecule has 1 N–H and O–H groups in total. The van der Waals surface area contributed by atoms with E-state index in [-0.39, 0.29) is 23.8 Å². The fourth-order valence-electron chi connectivity index (χ4n) is 4.36. The summed E-state index contributed by atoms with van der Waals surface area (Å²) >= 11 is 0. The summed E-state index contributed by atoms with van der Waals surface area (Å²) in [5.41, 5.74) is 3.05. The third-order valence-electron chi connectivity index (χ3n) is 6.68. The molecule has 1 heterocycles. The van der Waals surface area contributed by atoms with E-state index in [4.69, 9.17) is 4.99 Å². The quantitative estimate of drug-likeness (QED) is 0.491. The molecule has 0 radical (unpaired) electrons. The second-order valence-electron chi connectivity index (χ2n) is 9.47. The lowest BCUT2D eigenvalue weighted by Gasteiger charge is -2.29. The molecule has 1 saturated carbocycles. The molecule has 2 atom stereocenters. The van der Waals surface area contributed by atoms with Crippen molar-refractivity contribution in [2.75, 3.05) is 20.1 Å². The van der Waals surface area contributed by atoms with E-state index in [9.17, 15) is 4.79 Å². The van der Waals surface area contributed by atoms with Gasteiger partial charge in [-0.15, -0.1) is 0 Å². The third kappa shape index (κ3) is 5.57. The van der Waals surface area contributed by atoms with E-state index in [0.717, 1.165) is 22.7 Å². The molecule has 1 saturated heterocycles. The molecule has 2 aromatic rings. The van der Waals surface area contributed by atoms with Gasteiger partial charge in [0.1, 0.15) is 5.84 Å². The number of carbonyl (C=O) groups is 1. The van der Waals surface area contributed by atoms with E-state index in [1.165, 1.54) is 12.8 Å². The van der Waals surface area contributed by atoms with Crippen LogP contribution in [0.15, 0.2) is 65.8 Å². The maximum absolute atomic E-state index is 13.1. The highest BCUT2D eigenvalue weighted by atomic mass is 16.2. The number of likely N-dealkylation sites (tertiary alicyclic amines) is 1. The lowest BCUT2D eigenvalue weighted by atomic mass is 9.88. The largest absolute Gasteiger partial charge is 0.360 e. The van der Waals surface area contributed by atoms with Crippen molar-refractivity contribution in [2.45, 2.75) is 45.2 Å². The van der Waals surface area contributed by atoms with Gasteiger partial charge in [-0.3, -0.25) is 0 Å². The Morgan fingerprint density at radius 3 is 2.61 bits per heavy atom. The molecule has 1 aliphatic carbocycles. The maximum Gasteiger partial charge on any atom is 0.317 e. The van der Waals surface area contributed by atoms with E-state index >= 15 is 0 Å². The van der Waals surface area contributed by atoms with Crippen molar-refractivity contribution in [2.24, 2.45) is 16.8 Å². The van der Waals surface area contributed by atoms with E-state index in [1.54, 1.807) is 0 Å². The fourth-order valence-corrected chi connectivity index (χ4v) is 4.36. The number of rotatable bonds is 7. The van der Waals surface area contributed by atoms with Gasteiger partial charge in [0, 0.05) is 55.8 Å². The van der Waals surface area contributed by atoms with Gasteiger partial charge in [0.05, 0.1) is 0 Å². The topological polar surface area (TPSA) is 47.9 Å². The van der Waals surface area contributed by atoms with Gasteiger partial charge in [0.25, 0.3) is 0 Å². The predicted molar refractivity (Wildman–Crippen MR) is 133 cm³/mol. The van der Waals surface area contributed by atoms with Crippen molar-refractivity contribution >= 4 is 11.9 Å². The Hall–Kier alpha value is -3.26. The highest BCUT2D eigenvalue weighted by molar-refractivity contribution is 5.88. The van der Waals surface area contributed by atoms with Gasteiger partial charge in [-0.2, -0.15) is 0 Å². The fraction of sp³-hybridized carbons (Fsp3) is 0.429. The van der Waals surface area contributed by atoms with Crippen molar-refractivity contribution < 1.29 is 4.79 Å². The van der Waals surface area contributed by atoms with E-state index in [0.29, 0.717) is 25.7 Å². The average molecular weight is 443 g/mol. The van der Waals surface area contributed by atoms with Gasteiger partial charge >= 0.3 is 6.03 Å². The molecule has 2 unspecified atom stereocenters. The minimum Gasteiger partial charge on any atom is -0.360 e. The molecule has 0 bridgehead atoms. The zero-order valence-corrected chi connectivity index (χ0v) is 19.9. The first kappa shape index (κ1) is 22.9. The molecular weight excluding hydrogens is 408 g/mol. The monoisotopic (exact) mass is 442 g/mol. The average Bonchev–Trinajstić information content (AvgIpc) is 3.60. The molecule has 2 amide bonds. The molecule has 4 rings (SSSR count). The number of allylic oxidation sites excluding steroid dienone is 1. The van der Waals surface area contributed by atoms with Crippen LogP contribution in [0, 0.1) is 24.0 Å². The number of hydrogen-bond donors (Lipinski definition) is 1. The molecule has 0 spiro atoms. The van der Waals surface area contributed by atoms with Crippen LogP contribution in [0.1, 0.15) is 43.7 Å². The van der Waals surface area contributed by atoms with Gasteiger partial charge in [0.15, 0.2) is 0 Å². The number of hydrogen-bond acceptors (Lipinski definition) is 2. The summed E-state index contributed by atoms with van der Waals surface area (Å²) in [5.74, 6) is 1.51. The number of nitrogens with one attached hydrogen (secondary N) is 1. The molecule has 2 fully saturated rings. The summed E-state index contributed by atoms with van der Waals surface area (Å²) < 4.78 is 0. The predicted octanol–water partition coefficient (Wildman–Crippen LogP) is 4.87. The zero-order valence-electron chi connectivity index (χ0n) is 19.9. The van der Waals surface area contributed by atoms with Gasteiger partial charge < -0.3 is 15.1 Å². The number of carbonyl (C=O) groups excluding carboxylic acids is 1. The Bertz CT molecular complexity index is 981. The van der Waals surface area contributed by atoms with Crippen molar-refractivity contribution in [1.29, 1.82) is 0 Å². The van der Waals surface area contributed by atoms with Crippen LogP contribution in [0.5, 0.6) is 0 Å².